The fourth-order valence-electron chi connectivity index (χ4n) is 0.485. The third-order valence-corrected chi connectivity index (χ3v) is 3.77. The lowest BCUT2D eigenvalue weighted by atomic mass is 10.5. The van der Waals surface area contributed by atoms with Crippen molar-refractivity contribution in [2.24, 2.45) is 0 Å². The molecule has 4 nitrogen and oxygen atoms in total. The SMILES string of the molecule is O=C(O)CCSC(=S)SCCC(=O)O. The van der Waals surface area contributed by atoms with Gasteiger partial charge in [0.1, 0.15) is 3.53 Å². The minimum atomic E-state index is -0.851. The molecule has 0 amide bonds. The lowest BCUT2D eigenvalue weighted by Gasteiger charge is -2.00. The molecule has 0 aliphatic rings. The molecule has 14 heavy (non-hydrogen) atoms. The molecule has 0 bridgehead atoms. The van der Waals surface area contributed by atoms with Crippen molar-refractivity contribution < 1.29 is 19.8 Å². The quantitative estimate of drug-likeness (QED) is 0.698. The Morgan fingerprint density at radius 3 is 1.64 bits per heavy atom. The molecule has 0 radical (unpaired) electrons. The molecule has 7 heteroatoms. The Kier molecular flexibility index (Phi) is 7.92. The van der Waals surface area contributed by atoms with Gasteiger partial charge in [0.25, 0.3) is 0 Å². The highest BCUT2D eigenvalue weighted by molar-refractivity contribution is 8.47. The Hall–Kier alpha value is -0.270. The van der Waals surface area contributed by atoms with E-state index in [-0.39, 0.29) is 12.8 Å². The Bertz CT molecular complexity index is 207. The van der Waals surface area contributed by atoms with Gasteiger partial charge in [-0.25, -0.2) is 0 Å². The van der Waals surface area contributed by atoms with Crippen molar-refractivity contribution in [2.75, 3.05) is 11.5 Å². The Morgan fingerprint density at radius 2 is 1.36 bits per heavy atom. The van der Waals surface area contributed by atoms with E-state index in [1.54, 1.807) is 0 Å². The van der Waals surface area contributed by atoms with Crippen molar-refractivity contribution in [1.82, 2.24) is 0 Å². The third kappa shape index (κ3) is 9.82. The molecule has 80 valence electrons. The van der Waals surface area contributed by atoms with Crippen LogP contribution < -0.4 is 0 Å². The summed E-state index contributed by atoms with van der Waals surface area (Å²) in [6.45, 7) is 0. The minimum absolute atomic E-state index is 0.0737. The van der Waals surface area contributed by atoms with E-state index in [0.717, 1.165) is 0 Å². The summed E-state index contributed by atoms with van der Waals surface area (Å²) in [6.07, 6.45) is 0.147. The van der Waals surface area contributed by atoms with Crippen LogP contribution in [0.15, 0.2) is 0 Å². The highest BCUT2D eigenvalue weighted by Crippen LogP contribution is 2.18. The topological polar surface area (TPSA) is 74.6 Å². The van der Waals surface area contributed by atoms with Crippen LogP contribution in [0, 0.1) is 0 Å². The summed E-state index contributed by atoms with van der Waals surface area (Å²) in [5.41, 5.74) is 0. The summed E-state index contributed by atoms with van der Waals surface area (Å²) < 4.78 is 0.604. The first-order chi connectivity index (χ1) is 6.52. The number of rotatable bonds is 6. The number of carboxylic acid groups (broad SMARTS) is 2. The van der Waals surface area contributed by atoms with Crippen LogP contribution in [0.2, 0.25) is 0 Å². The van der Waals surface area contributed by atoms with Crippen molar-refractivity contribution in [1.29, 1.82) is 0 Å². The molecular weight excluding hydrogens is 244 g/mol. The summed E-state index contributed by atoms with van der Waals surface area (Å²) in [4.78, 5) is 20.3. The molecule has 0 saturated carbocycles. The van der Waals surface area contributed by atoms with Crippen LogP contribution in [-0.2, 0) is 9.59 Å². The second kappa shape index (κ2) is 8.07. The predicted molar refractivity (Wildman–Crippen MR) is 62.0 cm³/mol. The second-order valence-electron chi connectivity index (χ2n) is 2.23. The number of thioether (sulfide) groups is 2. The molecule has 2 N–H and O–H groups in total. The van der Waals surface area contributed by atoms with Crippen LogP contribution >= 0.6 is 35.7 Å². The van der Waals surface area contributed by atoms with Crippen molar-refractivity contribution in [3.63, 3.8) is 0 Å². The summed E-state index contributed by atoms with van der Waals surface area (Å²) in [5, 5.41) is 16.7. The zero-order valence-corrected chi connectivity index (χ0v) is 9.71. The van der Waals surface area contributed by atoms with Gasteiger partial charge >= 0.3 is 11.9 Å². The number of aliphatic carboxylic acids is 2. The summed E-state index contributed by atoms with van der Waals surface area (Å²) in [5.74, 6) is -0.825. The van der Waals surface area contributed by atoms with Gasteiger partial charge in [0.15, 0.2) is 0 Å². The number of hydrogen-bond donors (Lipinski definition) is 2. The van der Waals surface area contributed by atoms with Crippen LogP contribution in [0.5, 0.6) is 0 Å². The van der Waals surface area contributed by atoms with Crippen molar-refractivity contribution in [3.8, 4) is 0 Å². The molecule has 0 saturated heterocycles. The highest BCUT2D eigenvalue weighted by Gasteiger charge is 2.03. The zero-order valence-electron chi connectivity index (χ0n) is 7.26. The molecule has 0 aliphatic carbocycles. The smallest absolute Gasteiger partial charge is 0.304 e. The van der Waals surface area contributed by atoms with Gasteiger partial charge in [-0.05, 0) is 0 Å². The first-order valence-corrected chi connectivity index (χ1v) is 6.13. The van der Waals surface area contributed by atoms with E-state index in [1.165, 1.54) is 23.5 Å². The van der Waals surface area contributed by atoms with Crippen LogP contribution in [0.3, 0.4) is 0 Å². The monoisotopic (exact) mass is 254 g/mol. The minimum Gasteiger partial charge on any atom is -0.481 e. The fourth-order valence-corrected chi connectivity index (χ4v) is 2.71. The number of thiocarbonyl (C=S) groups is 1. The molecule has 0 aromatic carbocycles. The van der Waals surface area contributed by atoms with Gasteiger partial charge in [0.05, 0.1) is 12.8 Å². The lowest BCUT2D eigenvalue weighted by molar-refractivity contribution is -0.137. The van der Waals surface area contributed by atoms with E-state index in [2.05, 4.69) is 0 Å². The normalized spacial score (nSPS) is 9.71. The first kappa shape index (κ1) is 13.7. The van der Waals surface area contributed by atoms with E-state index in [1.807, 2.05) is 0 Å². The molecule has 0 unspecified atom stereocenters. The Balaban J connectivity index is 3.37. The predicted octanol–water partition coefficient (Wildman–Crippen LogP) is 1.69. The molecule has 0 aromatic rings. The van der Waals surface area contributed by atoms with Crippen molar-refractivity contribution in [2.45, 2.75) is 12.8 Å². The highest BCUT2D eigenvalue weighted by atomic mass is 32.2. The maximum Gasteiger partial charge on any atom is 0.304 e. The molecular formula is C7H10O4S3. The van der Waals surface area contributed by atoms with Gasteiger partial charge in [-0.2, -0.15) is 0 Å². The van der Waals surface area contributed by atoms with Gasteiger partial charge in [0.2, 0.25) is 0 Å². The molecule has 0 aromatic heterocycles. The van der Waals surface area contributed by atoms with Crippen molar-refractivity contribution >= 4 is 51.2 Å². The first-order valence-electron chi connectivity index (χ1n) is 3.75. The average molecular weight is 254 g/mol. The van der Waals surface area contributed by atoms with E-state index < -0.39 is 11.9 Å². The largest absolute Gasteiger partial charge is 0.481 e. The average Bonchev–Trinajstić information content (AvgIpc) is 2.02. The molecule has 0 atom stereocenters. The standard InChI is InChI=1S/C7H10O4S3/c8-5(9)1-3-13-7(12)14-4-2-6(10)11/h1-4H2,(H,8,9)(H,10,11). The van der Waals surface area contributed by atoms with Crippen LogP contribution in [0.25, 0.3) is 0 Å². The Labute approximate surface area is 95.4 Å². The molecule has 0 spiro atoms. The van der Waals surface area contributed by atoms with Gasteiger partial charge < -0.3 is 10.2 Å². The third-order valence-electron chi connectivity index (χ3n) is 1.07. The van der Waals surface area contributed by atoms with E-state index >= 15 is 0 Å². The van der Waals surface area contributed by atoms with E-state index in [9.17, 15) is 9.59 Å². The van der Waals surface area contributed by atoms with Gasteiger partial charge in [0, 0.05) is 11.5 Å². The fraction of sp³-hybridized carbons (Fsp3) is 0.571. The molecule has 0 aliphatic heterocycles. The molecule has 0 heterocycles. The summed E-state index contributed by atoms with van der Waals surface area (Å²) >= 11 is 7.45. The van der Waals surface area contributed by atoms with Crippen molar-refractivity contribution in [3.05, 3.63) is 0 Å². The van der Waals surface area contributed by atoms with Crippen LogP contribution in [0.4, 0.5) is 0 Å². The van der Waals surface area contributed by atoms with Gasteiger partial charge in [-0.1, -0.05) is 12.2 Å². The zero-order chi connectivity index (χ0) is 11.0. The Morgan fingerprint density at radius 1 is 1.00 bits per heavy atom. The molecule has 0 fully saturated rings. The van der Waals surface area contributed by atoms with Crippen LogP contribution in [0.1, 0.15) is 12.8 Å². The lowest BCUT2D eigenvalue weighted by Crippen LogP contribution is -1.99. The summed E-state index contributed by atoms with van der Waals surface area (Å²) in [7, 11) is 0. The molecule has 0 rings (SSSR count). The van der Waals surface area contributed by atoms with Crippen LogP contribution in [-0.4, -0.2) is 37.2 Å². The maximum atomic E-state index is 10.1. The summed E-state index contributed by atoms with van der Waals surface area (Å²) in [6, 6.07) is 0. The van der Waals surface area contributed by atoms with Gasteiger partial charge in [-0.3, -0.25) is 9.59 Å². The number of carbonyl (C=O) groups is 2. The van der Waals surface area contributed by atoms with Gasteiger partial charge in [-0.15, -0.1) is 23.5 Å². The number of hydrogen-bond acceptors (Lipinski definition) is 5. The van der Waals surface area contributed by atoms with E-state index in [0.29, 0.717) is 15.0 Å². The van der Waals surface area contributed by atoms with E-state index in [4.69, 9.17) is 22.4 Å². The number of carboxylic acids is 2. The second-order valence-corrected chi connectivity index (χ2v) is 5.63. The maximum absolute atomic E-state index is 10.1.